The number of carbonyl (C=O) groups is 3. The number of anilines is 3. The van der Waals surface area contributed by atoms with Gasteiger partial charge in [-0.05, 0) is 12.1 Å². The number of halogens is 2. The monoisotopic (exact) mass is 530 g/mol. The molecule has 5 rings (SSSR count). The van der Waals surface area contributed by atoms with Gasteiger partial charge in [0.1, 0.15) is 17.3 Å². The van der Waals surface area contributed by atoms with Crippen molar-refractivity contribution in [1.29, 1.82) is 0 Å². The molecule has 3 aromatic rings. The highest BCUT2D eigenvalue weighted by Gasteiger charge is 2.34. The number of urea groups is 1. The first-order chi connectivity index (χ1) is 18.3. The van der Waals surface area contributed by atoms with Crippen LogP contribution in [0.4, 0.5) is 35.8 Å². The molecule has 0 radical (unpaired) electrons. The van der Waals surface area contributed by atoms with Crippen molar-refractivity contribution in [2.75, 3.05) is 54.4 Å². The second-order valence-electron chi connectivity index (χ2n) is 8.65. The first-order valence-electron chi connectivity index (χ1n) is 11.8. The summed E-state index contributed by atoms with van der Waals surface area (Å²) in [5.74, 6) is -2.06. The number of hydrogen-bond acceptors (Lipinski definition) is 8. The molecule has 200 valence electrons. The van der Waals surface area contributed by atoms with E-state index in [9.17, 15) is 14.4 Å². The van der Waals surface area contributed by atoms with E-state index < -0.39 is 29.9 Å². The summed E-state index contributed by atoms with van der Waals surface area (Å²) in [6.45, 7) is 1.59. The van der Waals surface area contributed by atoms with Gasteiger partial charge in [-0.15, -0.1) is 0 Å². The van der Waals surface area contributed by atoms with Crippen LogP contribution in [0.25, 0.3) is 11.1 Å². The molecule has 0 spiro atoms. The summed E-state index contributed by atoms with van der Waals surface area (Å²) in [4.78, 5) is 48.2. The predicted octanol–water partition coefficient (Wildman–Crippen LogP) is 2.85. The van der Waals surface area contributed by atoms with E-state index in [1.807, 2.05) is 0 Å². The molecule has 2 aliphatic rings. The zero-order valence-corrected chi connectivity index (χ0v) is 20.3. The van der Waals surface area contributed by atoms with Gasteiger partial charge in [-0.2, -0.15) is 4.98 Å². The van der Waals surface area contributed by atoms with Gasteiger partial charge in [0.05, 0.1) is 31.9 Å². The molecular formula is C24H24F2N6O6. The summed E-state index contributed by atoms with van der Waals surface area (Å²) in [5, 5.41) is 6.09. The first-order valence-corrected chi connectivity index (χ1v) is 11.8. The van der Waals surface area contributed by atoms with Crippen LogP contribution in [0.15, 0.2) is 40.8 Å². The molecule has 3 heterocycles. The van der Waals surface area contributed by atoms with Gasteiger partial charge < -0.3 is 19.4 Å². The smallest absolute Gasteiger partial charge is 0.414 e. The summed E-state index contributed by atoms with van der Waals surface area (Å²) in [6.07, 6.45) is -1.41. The lowest BCUT2D eigenvalue weighted by Crippen LogP contribution is -2.37. The molecule has 14 heteroatoms. The van der Waals surface area contributed by atoms with Gasteiger partial charge in [0.15, 0.2) is 17.2 Å². The molecular weight excluding hydrogens is 506 g/mol. The van der Waals surface area contributed by atoms with Crippen molar-refractivity contribution in [3.63, 3.8) is 0 Å². The minimum Gasteiger partial charge on any atom is -0.442 e. The largest absolute Gasteiger partial charge is 0.442 e. The van der Waals surface area contributed by atoms with Crippen LogP contribution in [0.2, 0.25) is 0 Å². The quantitative estimate of drug-likeness (QED) is 0.515. The van der Waals surface area contributed by atoms with E-state index in [0.29, 0.717) is 11.1 Å². The van der Waals surface area contributed by atoms with Crippen molar-refractivity contribution in [3.8, 4) is 0 Å². The van der Waals surface area contributed by atoms with Crippen molar-refractivity contribution >= 4 is 46.5 Å². The molecule has 1 atom stereocenters. The van der Waals surface area contributed by atoms with E-state index in [0.717, 1.165) is 22.1 Å². The Hall–Kier alpha value is -4.46. The lowest BCUT2D eigenvalue weighted by Gasteiger charge is -2.24. The van der Waals surface area contributed by atoms with Gasteiger partial charge in [-0.3, -0.25) is 19.8 Å². The molecule has 1 aromatic heterocycles. The molecule has 4 amide bonds. The van der Waals surface area contributed by atoms with E-state index in [2.05, 4.69) is 15.6 Å². The van der Waals surface area contributed by atoms with Gasteiger partial charge in [-0.25, -0.2) is 23.4 Å². The SMILES string of the molecule is CC(=O)NCC1CN(c2cc(F)c(N3CCON(C(=O)Nc4nc5ccccc5o4)CC3)c(F)c2)C(=O)O1. The number of benzene rings is 2. The van der Waals surface area contributed by atoms with Crippen LogP contribution >= 0.6 is 0 Å². The molecule has 2 aromatic carbocycles. The number of fused-ring (bicyclic) bond motifs is 1. The van der Waals surface area contributed by atoms with Crippen LogP contribution in [0.3, 0.4) is 0 Å². The maximum atomic E-state index is 15.1. The molecule has 2 aliphatic heterocycles. The Morgan fingerprint density at radius 3 is 2.63 bits per heavy atom. The maximum absolute atomic E-state index is 15.1. The lowest BCUT2D eigenvalue weighted by molar-refractivity contribution is -0.119. The maximum Gasteiger partial charge on any atom is 0.414 e. The Labute approximate surface area is 215 Å². The zero-order chi connectivity index (χ0) is 26.8. The Bertz CT molecular complexity index is 1330. The van der Waals surface area contributed by atoms with Crippen LogP contribution in [0.1, 0.15) is 6.92 Å². The number of carbonyl (C=O) groups excluding carboxylic acids is 3. The van der Waals surface area contributed by atoms with E-state index in [-0.39, 0.29) is 62.6 Å². The molecule has 38 heavy (non-hydrogen) atoms. The number of para-hydroxylation sites is 2. The van der Waals surface area contributed by atoms with E-state index in [1.165, 1.54) is 11.8 Å². The molecule has 2 fully saturated rings. The lowest BCUT2D eigenvalue weighted by atomic mass is 10.2. The van der Waals surface area contributed by atoms with Gasteiger partial charge >= 0.3 is 18.1 Å². The highest BCUT2D eigenvalue weighted by atomic mass is 19.1. The number of oxazole rings is 1. The summed E-state index contributed by atoms with van der Waals surface area (Å²) in [6, 6.07) is 8.45. The standard InChI is InChI=1S/C24H24F2N6O6/c1-14(33)27-12-16-13-31(24(35)37-16)15-10-17(25)21(18(26)11-15)30-6-7-32(36-9-8-30)23(34)29-22-28-19-4-2-3-5-20(19)38-22/h2-5,10-11,16H,6-9,12-13H2,1H3,(H,27,33)(H,28,29,34). The Balaban J connectivity index is 1.23. The summed E-state index contributed by atoms with van der Waals surface area (Å²) >= 11 is 0. The Morgan fingerprint density at radius 1 is 1.13 bits per heavy atom. The fraction of sp³-hybridized carbons (Fsp3) is 0.333. The first kappa shape index (κ1) is 25.2. The molecule has 2 saturated heterocycles. The summed E-state index contributed by atoms with van der Waals surface area (Å²) in [5.41, 5.74) is 0.765. The number of nitrogens with one attached hydrogen (secondary N) is 2. The van der Waals surface area contributed by atoms with Gasteiger partial charge in [0.25, 0.3) is 0 Å². The molecule has 2 N–H and O–H groups in total. The average molecular weight is 530 g/mol. The van der Waals surface area contributed by atoms with Gasteiger partial charge in [-0.1, -0.05) is 12.1 Å². The number of ether oxygens (including phenoxy) is 1. The van der Waals surface area contributed by atoms with E-state index in [1.54, 1.807) is 24.3 Å². The van der Waals surface area contributed by atoms with Gasteiger partial charge in [0, 0.05) is 32.1 Å². The number of nitrogens with zero attached hydrogens (tertiary/aromatic N) is 4. The third kappa shape index (κ3) is 5.29. The topological polar surface area (TPSA) is 129 Å². The normalized spacial score (nSPS) is 17.9. The van der Waals surface area contributed by atoms with Crippen molar-refractivity contribution in [2.24, 2.45) is 0 Å². The van der Waals surface area contributed by atoms with Crippen LogP contribution in [-0.4, -0.2) is 73.5 Å². The second-order valence-corrected chi connectivity index (χ2v) is 8.65. The number of aromatic nitrogens is 1. The Kier molecular flexibility index (Phi) is 6.96. The second kappa shape index (κ2) is 10.5. The fourth-order valence-corrected chi connectivity index (χ4v) is 4.22. The Morgan fingerprint density at radius 2 is 1.89 bits per heavy atom. The molecule has 1 unspecified atom stereocenters. The van der Waals surface area contributed by atoms with Crippen molar-refractivity contribution in [3.05, 3.63) is 48.0 Å². The number of amides is 4. The predicted molar refractivity (Wildman–Crippen MR) is 131 cm³/mol. The third-order valence-electron chi connectivity index (χ3n) is 6.00. The minimum atomic E-state index is -0.887. The van der Waals surface area contributed by atoms with E-state index in [4.69, 9.17) is 14.0 Å². The fourth-order valence-electron chi connectivity index (χ4n) is 4.22. The van der Waals surface area contributed by atoms with Crippen molar-refractivity contribution in [1.82, 2.24) is 15.4 Å². The summed E-state index contributed by atoms with van der Waals surface area (Å²) < 4.78 is 40.9. The third-order valence-corrected chi connectivity index (χ3v) is 6.00. The van der Waals surface area contributed by atoms with Crippen LogP contribution in [-0.2, 0) is 14.4 Å². The molecule has 12 nitrogen and oxygen atoms in total. The minimum absolute atomic E-state index is 0.00400. The molecule has 0 saturated carbocycles. The number of hydrogen-bond donors (Lipinski definition) is 2. The summed E-state index contributed by atoms with van der Waals surface area (Å²) in [7, 11) is 0. The van der Waals surface area contributed by atoms with Crippen LogP contribution in [0, 0.1) is 11.6 Å². The van der Waals surface area contributed by atoms with Crippen molar-refractivity contribution < 1.29 is 37.2 Å². The highest BCUT2D eigenvalue weighted by Crippen LogP contribution is 2.31. The van der Waals surface area contributed by atoms with Crippen molar-refractivity contribution in [2.45, 2.75) is 13.0 Å². The highest BCUT2D eigenvalue weighted by molar-refractivity contribution is 5.90. The van der Waals surface area contributed by atoms with E-state index >= 15 is 8.78 Å². The molecule has 0 bridgehead atoms. The number of rotatable bonds is 5. The average Bonchev–Trinajstić information content (AvgIpc) is 3.36. The zero-order valence-electron chi connectivity index (χ0n) is 20.3. The van der Waals surface area contributed by atoms with Crippen LogP contribution < -0.4 is 20.4 Å². The number of hydroxylamine groups is 2. The molecule has 0 aliphatic carbocycles. The van der Waals surface area contributed by atoms with Gasteiger partial charge in [0.2, 0.25) is 5.91 Å². The number of cyclic esters (lactones) is 1. The van der Waals surface area contributed by atoms with Crippen LogP contribution in [0.5, 0.6) is 0 Å².